The molecule has 3 nitrogen and oxygen atoms in total. The smallest absolute Gasteiger partial charge is 0.341 e. The first kappa shape index (κ1) is 13.6. The predicted molar refractivity (Wildman–Crippen MR) is 75.5 cm³/mol. The average Bonchev–Trinajstić information content (AvgIpc) is 2.37. The Morgan fingerprint density at radius 3 is 2.32 bits per heavy atom. The van der Waals surface area contributed by atoms with E-state index in [2.05, 4.69) is 11.1 Å². The number of carbonyl (C=O) groups excluding carboxylic acids is 1. The molecule has 0 saturated carbocycles. The van der Waals surface area contributed by atoms with Crippen molar-refractivity contribution >= 4 is 17.6 Å². The van der Waals surface area contributed by atoms with Gasteiger partial charge in [-0.15, -0.1) is 0 Å². The van der Waals surface area contributed by atoms with Gasteiger partial charge in [-0.05, 0) is 25.5 Å². The molecule has 0 N–H and O–H groups in total. The summed E-state index contributed by atoms with van der Waals surface area (Å²) in [6, 6.07) is 7.88. The Morgan fingerprint density at radius 2 is 1.74 bits per heavy atom. The molecule has 2 aromatic rings. The lowest BCUT2D eigenvalue weighted by molar-refractivity contribution is 0.0600. The Hall–Kier alpha value is -1.87. The van der Waals surface area contributed by atoms with Crippen LogP contribution in [0.2, 0.25) is 5.15 Å². The van der Waals surface area contributed by atoms with Crippen LogP contribution in [-0.2, 0) is 4.74 Å². The Kier molecular flexibility index (Phi) is 3.86. The quantitative estimate of drug-likeness (QED) is 0.618. The molecule has 0 spiro atoms. The number of aromatic nitrogens is 1. The third-order valence-electron chi connectivity index (χ3n) is 2.80. The average molecular weight is 276 g/mol. The molecule has 1 aromatic carbocycles. The van der Waals surface area contributed by atoms with Crippen molar-refractivity contribution in [3.05, 3.63) is 52.3 Å². The summed E-state index contributed by atoms with van der Waals surface area (Å²) in [7, 11) is 1.32. The van der Waals surface area contributed by atoms with Crippen molar-refractivity contribution in [1.82, 2.24) is 4.98 Å². The maximum atomic E-state index is 11.6. The summed E-state index contributed by atoms with van der Waals surface area (Å²) in [6.07, 6.45) is 1.66. The Balaban J connectivity index is 2.54. The van der Waals surface area contributed by atoms with E-state index in [1.54, 1.807) is 12.3 Å². The van der Waals surface area contributed by atoms with E-state index in [1.807, 2.05) is 26.0 Å². The fraction of sp³-hybridized carbons (Fsp3) is 0.200. The molecule has 0 saturated heterocycles. The standard InChI is InChI=1S/C15H14ClNO2/c1-9-4-10(2)6-11(5-9)12-7-13(15(18)19-3)14(16)17-8-12/h4-8H,1-3H3. The first-order chi connectivity index (χ1) is 9.01. The van der Waals surface area contributed by atoms with Crippen molar-refractivity contribution in [2.24, 2.45) is 0 Å². The first-order valence-corrected chi connectivity index (χ1v) is 6.21. The van der Waals surface area contributed by atoms with Gasteiger partial charge >= 0.3 is 5.97 Å². The highest BCUT2D eigenvalue weighted by atomic mass is 35.5. The van der Waals surface area contributed by atoms with E-state index >= 15 is 0 Å². The Labute approximate surface area is 117 Å². The lowest BCUT2D eigenvalue weighted by Crippen LogP contribution is -2.03. The van der Waals surface area contributed by atoms with Crippen LogP contribution in [0.3, 0.4) is 0 Å². The zero-order valence-corrected chi connectivity index (χ0v) is 11.8. The maximum Gasteiger partial charge on any atom is 0.341 e. The van der Waals surface area contributed by atoms with Crippen LogP contribution in [0.5, 0.6) is 0 Å². The number of hydrogen-bond acceptors (Lipinski definition) is 3. The number of rotatable bonds is 2. The second-order valence-electron chi connectivity index (χ2n) is 4.43. The van der Waals surface area contributed by atoms with Gasteiger partial charge in [-0.1, -0.05) is 40.9 Å². The topological polar surface area (TPSA) is 39.2 Å². The molecule has 0 fully saturated rings. The molecule has 1 heterocycles. The fourth-order valence-electron chi connectivity index (χ4n) is 2.00. The van der Waals surface area contributed by atoms with Crippen molar-refractivity contribution in [2.45, 2.75) is 13.8 Å². The minimum Gasteiger partial charge on any atom is -0.465 e. The number of pyridine rings is 1. The predicted octanol–water partition coefficient (Wildman–Crippen LogP) is 3.81. The van der Waals surface area contributed by atoms with E-state index in [1.165, 1.54) is 7.11 Å². The number of esters is 1. The second kappa shape index (κ2) is 5.41. The molecule has 19 heavy (non-hydrogen) atoms. The molecule has 2 rings (SSSR count). The molecule has 0 bridgehead atoms. The fourth-order valence-corrected chi connectivity index (χ4v) is 2.18. The van der Waals surface area contributed by atoms with Crippen LogP contribution >= 0.6 is 11.6 Å². The highest BCUT2D eigenvalue weighted by Crippen LogP contribution is 2.25. The lowest BCUT2D eigenvalue weighted by atomic mass is 10.0. The normalized spacial score (nSPS) is 10.3. The third-order valence-corrected chi connectivity index (χ3v) is 3.10. The van der Waals surface area contributed by atoms with E-state index in [-0.39, 0.29) is 10.7 Å². The summed E-state index contributed by atoms with van der Waals surface area (Å²) in [4.78, 5) is 15.7. The summed E-state index contributed by atoms with van der Waals surface area (Å²) in [5, 5.41) is 0.153. The highest BCUT2D eigenvalue weighted by Gasteiger charge is 2.13. The molecule has 0 atom stereocenters. The number of aryl methyl sites for hydroxylation is 2. The maximum absolute atomic E-state index is 11.6. The van der Waals surface area contributed by atoms with Gasteiger partial charge in [0.05, 0.1) is 12.7 Å². The van der Waals surface area contributed by atoms with Gasteiger partial charge in [0.2, 0.25) is 0 Å². The van der Waals surface area contributed by atoms with E-state index in [0.717, 1.165) is 22.3 Å². The summed E-state index contributed by atoms with van der Waals surface area (Å²) in [5.74, 6) is -0.483. The molecule has 0 unspecified atom stereocenters. The SMILES string of the molecule is COC(=O)c1cc(-c2cc(C)cc(C)c2)cnc1Cl. The van der Waals surface area contributed by atoms with Gasteiger partial charge < -0.3 is 4.74 Å². The van der Waals surface area contributed by atoms with Crippen molar-refractivity contribution < 1.29 is 9.53 Å². The van der Waals surface area contributed by atoms with Crippen LogP contribution in [0, 0.1) is 13.8 Å². The third kappa shape index (κ3) is 2.93. The molecular formula is C15H14ClNO2. The molecule has 0 radical (unpaired) electrons. The van der Waals surface area contributed by atoms with Gasteiger partial charge in [-0.2, -0.15) is 0 Å². The minimum atomic E-state index is -0.483. The first-order valence-electron chi connectivity index (χ1n) is 5.84. The van der Waals surface area contributed by atoms with Gasteiger partial charge in [-0.25, -0.2) is 9.78 Å². The van der Waals surface area contributed by atoms with Crippen molar-refractivity contribution in [3.63, 3.8) is 0 Å². The summed E-state index contributed by atoms with van der Waals surface area (Å²) in [6.45, 7) is 4.06. The second-order valence-corrected chi connectivity index (χ2v) is 4.79. The Morgan fingerprint density at radius 1 is 1.11 bits per heavy atom. The van der Waals surface area contributed by atoms with E-state index in [4.69, 9.17) is 16.3 Å². The van der Waals surface area contributed by atoms with Gasteiger partial charge in [-0.3, -0.25) is 0 Å². The molecular weight excluding hydrogens is 262 g/mol. The van der Waals surface area contributed by atoms with Crippen LogP contribution < -0.4 is 0 Å². The minimum absolute atomic E-state index is 0.153. The molecule has 0 aliphatic rings. The number of ether oxygens (including phenoxy) is 1. The van der Waals surface area contributed by atoms with Gasteiger partial charge in [0.25, 0.3) is 0 Å². The zero-order chi connectivity index (χ0) is 14.0. The van der Waals surface area contributed by atoms with Gasteiger partial charge in [0.15, 0.2) is 0 Å². The van der Waals surface area contributed by atoms with Gasteiger partial charge in [0.1, 0.15) is 5.15 Å². The molecule has 0 aliphatic carbocycles. The van der Waals surface area contributed by atoms with Crippen LogP contribution in [0.1, 0.15) is 21.5 Å². The molecule has 1 aromatic heterocycles. The van der Waals surface area contributed by atoms with Crippen molar-refractivity contribution in [3.8, 4) is 11.1 Å². The van der Waals surface area contributed by atoms with Crippen LogP contribution in [-0.4, -0.2) is 18.1 Å². The van der Waals surface area contributed by atoms with Crippen molar-refractivity contribution in [1.29, 1.82) is 0 Å². The lowest BCUT2D eigenvalue weighted by Gasteiger charge is -2.07. The van der Waals surface area contributed by atoms with Crippen LogP contribution in [0.25, 0.3) is 11.1 Å². The van der Waals surface area contributed by atoms with Crippen molar-refractivity contribution in [2.75, 3.05) is 7.11 Å². The molecule has 0 aliphatic heterocycles. The van der Waals surface area contributed by atoms with E-state index in [0.29, 0.717) is 0 Å². The number of halogens is 1. The number of nitrogens with zero attached hydrogens (tertiary/aromatic N) is 1. The molecule has 98 valence electrons. The van der Waals surface area contributed by atoms with E-state index in [9.17, 15) is 4.79 Å². The number of benzene rings is 1. The Bertz CT molecular complexity index is 618. The largest absolute Gasteiger partial charge is 0.465 e. The highest BCUT2D eigenvalue weighted by molar-refractivity contribution is 6.32. The molecule has 4 heteroatoms. The summed E-state index contributed by atoms with van der Waals surface area (Å²) >= 11 is 5.91. The molecule has 0 amide bonds. The van der Waals surface area contributed by atoms with Crippen LogP contribution in [0.4, 0.5) is 0 Å². The van der Waals surface area contributed by atoms with Crippen LogP contribution in [0.15, 0.2) is 30.5 Å². The van der Waals surface area contributed by atoms with E-state index < -0.39 is 5.97 Å². The zero-order valence-electron chi connectivity index (χ0n) is 11.0. The number of carbonyl (C=O) groups is 1. The summed E-state index contributed by atoms with van der Waals surface area (Å²) in [5.41, 5.74) is 4.44. The van der Waals surface area contributed by atoms with Gasteiger partial charge in [0, 0.05) is 11.8 Å². The monoisotopic (exact) mass is 275 g/mol. The number of methoxy groups -OCH3 is 1. The number of hydrogen-bond donors (Lipinski definition) is 0. The summed E-state index contributed by atoms with van der Waals surface area (Å²) < 4.78 is 4.69.